The van der Waals surface area contributed by atoms with Crippen LogP contribution in [-0.4, -0.2) is 36.2 Å². The molecule has 2 aromatic carbocycles. The molecule has 35 heavy (non-hydrogen) atoms. The van der Waals surface area contributed by atoms with Crippen LogP contribution in [0.15, 0.2) is 30.3 Å². The summed E-state index contributed by atoms with van der Waals surface area (Å²) in [5.41, 5.74) is 0.900. The smallest absolute Gasteiger partial charge is 0.411 e. The van der Waals surface area contributed by atoms with Crippen LogP contribution in [0.2, 0.25) is 0 Å². The van der Waals surface area contributed by atoms with E-state index in [1.165, 1.54) is 4.90 Å². The number of rotatable bonds is 4. The number of hydrogen-bond donors (Lipinski definition) is 1. The number of carbonyl (C=O) groups excluding carboxylic acids is 2. The first-order valence-electron chi connectivity index (χ1n) is 11.6. The van der Waals surface area contributed by atoms with Crippen molar-refractivity contribution in [3.05, 3.63) is 64.2 Å². The molecule has 0 aromatic heterocycles. The van der Waals surface area contributed by atoms with Gasteiger partial charge in [0, 0.05) is 24.9 Å². The molecule has 1 unspecified atom stereocenters. The molecule has 0 bridgehead atoms. The molecule has 0 saturated carbocycles. The van der Waals surface area contributed by atoms with E-state index in [0.717, 1.165) is 23.3 Å². The Morgan fingerprint density at radius 1 is 1.06 bits per heavy atom. The SMILES string of the molecule is COCc1ccc2c(c1)CCN(C(=O)OC(C)(C)C)C2C(=O)Nc1cc(F)c(C(C)(C)C)c(F)c1. The summed E-state index contributed by atoms with van der Waals surface area (Å²) in [5, 5.41) is 2.61. The number of nitrogens with one attached hydrogen (secondary N) is 1. The predicted molar refractivity (Wildman–Crippen MR) is 130 cm³/mol. The maximum Gasteiger partial charge on any atom is 0.411 e. The molecule has 1 N–H and O–H groups in total. The van der Waals surface area contributed by atoms with Crippen molar-refractivity contribution in [1.29, 1.82) is 0 Å². The third-order valence-electron chi connectivity index (χ3n) is 5.68. The summed E-state index contributed by atoms with van der Waals surface area (Å²) in [6, 6.07) is 6.74. The molecular formula is C27H34F2N2O4. The number of anilines is 1. The summed E-state index contributed by atoms with van der Waals surface area (Å²) in [7, 11) is 1.60. The molecule has 190 valence electrons. The van der Waals surface area contributed by atoms with Crippen LogP contribution < -0.4 is 5.32 Å². The Morgan fingerprint density at radius 3 is 2.23 bits per heavy atom. The Labute approximate surface area is 205 Å². The Bertz CT molecular complexity index is 1100. The third-order valence-corrected chi connectivity index (χ3v) is 5.68. The summed E-state index contributed by atoms with van der Waals surface area (Å²) in [6.45, 7) is 11.0. The highest BCUT2D eigenvalue weighted by Crippen LogP contribution is 2.34. The maximum atomic E-state index is 14.8. The van der Waals surface area contributed by atoms with Gasteiger partial charge in [-0.3, -0.25) is 9.69 Å². The second kappa shape index (κ2) is 9.93. The second-order valence-electron chi connectivity index (χ2n) is 10.8. The number of amides is 2. The van der Waals surface area contributed by atoms with Crippen LogP contribution in [0.25, 0.3) is 0 Å². The fourth-order valence-corrected chi connectivity index (χ4v) is 4.31. The first-order valence-corrected chi connectivity index (χ1v) is 11.6. The average molecular weight is 489 g/mol. The molecule has 0 radical (unpaired) electrons. The van der Waals surface area contributed by atoms with Crippen LogP contribution in [0.1, 0.15) is 69.8 Å². The van der Waals surface area contributed by atoms with E-state index in [1.807, 2.05) is 12.1 Å². The van der Waals surface area contributed by atoms with Gasteiger partial charge in [0.15, 0.2) is 0 Å². The van der Waals surface area contributed by atoms with Gasteiger partial charge in [0.25, 0.3) is 5.91 Å². The first kappa shape index (κ1) is 26.6. The molecule has 3 rings (SSSR count). The van der Waals surface area contributed by atoms with Crippen molar-refractivity contribution in [2.24, 2.45) is 0 Å². The van der Waals surface area contributed by atoms with E-state index >= 15 is 0 Å². The van der Waals surface area contributed by atoms with Crippen molar-refractivity contribution < 1.29 is 27.8 Å². The zero-order valence-corrected chi connectivity index (χ0v) is 21.4. The van der Waals surface area contributed by atoms with E-state index in [9.17, 15) is 18.4 Å². The molecule has 2 amide bonds. The molecule has 0 aliphatic carbocycles. The minimum absolute atomic E-state index is 0.0229. The highest BCUT2D eigenvalue weighted by Gasteiger charge is 2.38. The molecule has 8 heteroatoms. The van der Waals surface area contributed by atoms with Gasteiger partial charge in [-0.05, 0) is 61.4 Å². The number of halogens is 2. The van der Waals surface area contributed by atoms with E-state index in [-0.39, 0.29) is 17.8 Å². The highest BCUT2D eigenvalue weighted by molar-refractivity contribution is 5.98. The van der Waals surface area contributed by atoms with Crippen molar-refractivity contribution >= 4 is 17.7 Å². The van der Waals surface area contributed by atoms with Gasteiger partial charge in [0.05, 0.1) is 6.61 Å². The molecule has 1 aliphatic rings. The molecule has 0 saturated heterocycles. The van der Waals surface area contributed by atoms with Gasteiger partial charge in [0.1, 0.15) is 23.3 Å². The van der Waals surface area contributed by atoms with Gasteiger partial charge < -0.3 is 14.8 Å². The van der Waals surface area contributed by atoms with Crippen LogP contribution in [-0.2, 0) is 32.7 Å². The third kappa shape index (κ3) is 6.17. The fourth-order valence-electron chi connectivity index (χ4n) is 4.31. The lowest BCUT2D eigenvalue weighted by Gasteiger charge is -2.37. The molecular weight excluding hydrogens is 454 g/mol. The standard InChI is InChI=1S/C27H34F2N2O4/c1-26(2,3)22-20(28)13-18(14-21(22)29)30-24(32)23-19-9-8-16(15-34-7)12-17(19)10-11-31(23)25(33)35-27(4,5)6/h8-9,12-14,23H,10-11,15H2,1-7H3,(H,30,32). The zero-order chi connectivity index (χ0) is 26.1. The number of benzene rings is 2. The van der Waals surface area contributed by atoms with Crippen LogP contribution in [0.4, 0.5) is 19.3 Å². The van der Waals surface area contributed by atoms with Gasteiger partial charge in [-0.15, -0.1) is 0 Å². The first-order chi connectivity index (χ1) is 16.2. The number of fused-ring (bicyclic) bond motifs is 1. The van der Waals surface area contributed by atoms with E-state index in [1.54, 1.807) is 54.7 Å². The van der Waals surface area contributed by atoms with Gasteiger partial charge in [-0.1, -0.05) is 39.0 Å². The summed E-state index contributed by atoms with van der Waals surface area (Å²) in [4.78, 5) is 27.9. The monoisotopic (exact) mass is 488 g/mol. The molecule has 6 nitrogen and oxygen atoms in total. The Morgan fingerprint density at radius 2 is 1.69 bits per heavy atom. The van der Waals surface area contributed by atoms with Crippen LogP contribution in [0.3, 0.4) is 0 Å². The molecule has 0 fully saturated rings. The fraction of sp³-hybridized carbons (Fsp3) is 0.481. The average Bonchev–Trinajstić information content (AvgIpc) is 2.70. The van der Waals surface area contributed by atoms with Crippen LogP contribution >= 0.6 is 0 Å². The number of methoxy groups -OCH3 is 1. The van der Waals surface area contributed by atoms with Crippen molar-refractivity contribution in [2.45, 2.75) is 71.6 Å². The zero-order valence-electron chi connectivity index (χ0n) is 21.4. The van der Waals surface area contributed by atoms with Crippen molar-refractivity contribution in [2.75, 3.05) is 19.0 Å². The molecule has 0 spiro atoms. The summed E-state index contributed by atoms with van der Waals surface area (Å²) in [6.07, 6.45) is -0.107. The topological polar surface area (TPSA) is 67.9 Å². The summed E-state index contributed by atoms with van der Waals surface area (Å²) < 4.78 is 40.3. The molecule has 1 aliphatic heterocycles. The Kier molecular flexibility index (Phi) is 7.55. The van der Waals surface area contributed by atoms with E-state index in [0.29, 0.717) is 18.6 Å². The molecule has 1 atom stereocenters. The van der Waals surface area contributed by atoms with Gasteiger partial charge in [0.2, 0.25) is 0 Å². The van der Waals surface area contributed by atoms with Crippen LogP contribution in [0, 0.1) is 11.6 Å². The predicted octanol–water partition coefficient (Wildman–Crippen LogP) is 5.88. The summed E-state index contributed by atoms with van der Waals surface area (Å²) in [5.74, 6) is -2.08. The summed E-state index contributed by atoms with van der Waals surface area (Å²) >= 11 is 0. The van der Waals surface area contributed by atoms with Crippen molar-refractivity contribution in [3.63, 3.8) is 0 Å². The number of nitrogens with zero attached hydrogens (tertiary/aromatic N) is 1. The molecule has 1 heterocycles. The Hall–Kier alpha value is -3.00. The van der Waals surface area contributed by atoms with E-state index in [4.69, 9.17) is 9.47 Å². The van der Waals surface area contributed by atoms with Crippen molar-refractivity contribution in [3.8, 4) is 0 Å². The molecule has 2 aromatic rings. The normalized spacial score (nSPS) is 16.0. The lowest BCUT2D eigenvalue weighted by molar-refractivity contribution is -0.121. The second-order valence-corrected chi connectivity index (χ2v) is 10.8. The minimum atomic E-state index is -1.03. The Balaban J connectivity index is 1.99. The number of carbonyl (C=O) groups is 2. The van der Waals surface area contributed by atoms with E-state index in [2.05, 4.69) is 5.32 Å². The quantitative estimate of drug-likeness (QED) is 0.584. The van der Waals surface area contributed by atoms with Gasteiger partial charge in [-0.2, -0.15) is 0 Å². The van der Waals surface area contributed by atoms with E-state index < -0.39 is 40.7 Å². The highest BCUT2D eigenvalue weighted by atomic mass is 19.1. The van der Waals surface area contributed by atoms with Gasteiger partial charge >= 0.3 is 6.09 Å². The lowest BCUT2D eigenvalue weighted by Crippen LogP contribution is -2.47. The number of hydrogen-bond acceptors (Lipinski definition) is 4. The largest absolute Gasteiger partial charge is 0.444 e. The van der Waals surface area contributed by atoms with Crippen LogP contribution in [0.5, 0.6) is 0 Å². The minimum Gasteiger partial charge on any atom is -0.444 e. The number of ether oxygens (including phenoxy) is 2. The maximum absolute atomic E-state index is 14.8. The lowest BCUT2D eigenvalue weighted by atomic mass is 9.86. The van der Waals surface area contributed by atoms with Gasteiger partial charge in [-0.25, -0.2) is 13.6 Å². The van der Waals surface area contributed by atoms with Crippen molar-refractivity contribution in [1.82, 2.24) is 4.90 Å².